The molecule has 3 rings (SSSR count). The molecule has 0 aliphatic carbocycles. The Morgan fingerprint density at radius 3 is 2.84 bits per heavy atom. The summed E-state index contributed by atoms with van der Waals surface area (Å²) in [6, 6.07) is 5.60. The van der Waals surface area contributed by atoms with Crippen LogP contribution in [0.1, 0.15) is 40.4 Å². The van der Waals surface area contributed by atoms with Crippen molar-refractivity contribution in [2.75, 3.05) is 18.4 Å². The predicted molar refractivity (Wildman–Crippen MR) is 93.9 cm³/mol. The lowest BCUT2D eigenvalue weighted by atomic mass is 9.95. The zero-order valence-electron chi connectivity index (χ0n) is 13.7. The lowest BCUT2D eigenvalue weighted by molar-refractivity contribution is 0.102. The lowest BCUT2D eigenvalue weighted by Gasteiger charge is -2.22. The molecule has 1 saturated heterocycles. The van der Waals surface area contributed by atoms with Gasteiger partial charge in [0.2, 0.25) is 0 Å². The molecule has 1 aromatic carbocycles. The van der Waals surface area contributed by atoms with Crippen LogP contribution in [0.15, 0.2) is 33.5 Å². The lowest BCUT2D eigenvalue weighted by Crippen LogP contribution is -2.30. The van der Waals surface area contributed by atoms with E-state index in [0.717, 1.165) is 32.0 Å². The van der Waals surface area contributed by atoms with E-state index in [1.165, 1.54) is 12.1 Å². The van der Waals surface area contributed by atoms with E-state index in [9.17, 15) is 14.0 Å². The first-order chi connectivity index (χ1) is 12.0. The number of rotatable bonds is 3. The molecule has 1 fully saturated rings. The first kappa shape index (κ1) is 17.6. The third-order valence-electron chi connectivity index (χ3n) is 4.27. The second-order valence-corrected chi connectivity index (χ2v) is 6.55. The Kier molecular flexibility index (Phi) is 5.20. The quantitative estimate of drug-likeness (QED) is 0.875. The predicted octanol–water partition coefficient (Wildman–Crippen LogP) is 3.46. The van der Waals surface area contributed by atoms with E-state index < -0.39 is 17.3 Å². The highest BCUT2D eigenvalue weighted by molar-refractivity contribution is 6.30. The first-order valence-electron chi connectivity index (χ1n) is 8.07. The maximum atomic E-state index is 13.8. The SMILES string of the molecule is Cc1cc(C2CCCNC2)oc(=O)c1C(=O)Nc1ccc(Cl)cc1F. The maximum Gasteiger partial charge on any atom is 0.349 e. The molecule has 1 aromatic heterocycles. The summed E-state index contributed by atoms with van der Waals surface area (Å²) in [6.45, 7) is 3.36. The minimum absolute atomic E-state index is 0.0474. The Morgan fingerprint density at radius 1 is 1.40 bits per heavy atom. The Hall–Kier alpha value is -2.18. The van der Waals surface area contributed by atoms with Crippen LogP contribution in [-0.2, 0) is 0 Å². The highest BCUT2D eigenvalue weighted by Gasteiger charge is 2.23. The molecule has 5 nitrogen and oxygen atoms in total. The van der Waals surface area contributed by atoms with Gasteiger partial charge >= 0.3 is 5.63 Å². The van der Waals surface area contributed by atoms with E-state index >= 15 is 0 Å². The van der Waals surface area contributed by atoms with Crippen molar-refractivity contribution in [1.82, 2.24) is 5.32 Å². The average Bonchev–Trinajstić information content (AvgIpc) is 2.57. The van der Waals surface area contributed by atoms with Crippen molar-refractivity contribution in [2.24, 2.45) is 0 Å². The van der Waals surface area contributed by atoms with E-state index in [4.69, 9.17) is 16.0 Å². The summed E-state index contributed by atoms with van der Waals surface area (Å²) in [6.07, 6.45) is 1.93. The van der Waals surface area contributed by atoms with Gasteiger partial charge in [-0.3, -0.25) is 4.79 Å². The Balaban J connectivity index is 1.86. The molecular formula is C18H18ClFN2O3. The molecule has 2 aromatic rings. The second-order valence-electron chi connectivity index (χ2n) is 6.12. The monoisotopic (exact) mass is 364 g/mol. The number of benzene rings is 1. The number of nitrogens with one attached hydrogen (secondary N) is 2. The van der Waals surface area contributed by atoms with Crippen LogP contribution in [0.2, 0.25) is 5.02 Å². The van der Waals surface area contributed by atoms with Crippen LogP contribution in [0.3, 0.4) is 0 Å². The Labute approximate surface area is 149 Å². The molecule has 1 amide bonds. The van der Waals surface area contributed by atoms with E-state index in [2.05, 4.69) is 10.6 Å². The number of aryl methyl sites for hydroxylation is 1. The van der Waals surface area contributed by atoms with Gasteiger partial charge in [0.1, 0.15) is 17.1 Å². The van der Waals surface area contributed by atoms with Gasteiger partial charge in [-0.1, -0.05) is 11.6 Å². The highest BCUT2D eigenvalue weighted by atomic mass is 35.5. The zero-order valence-corrected chi connectivity index (χ0v) is 14.5. The van der Waals surface area contributed by atoms with Gasteiger partial charge in [-0.15, -0.1) is 0 Å². The van der Waals surface area contributed by atoms with Crippen molar-refractivity contribution >= 4 is 23.2 Å². The van der Waals surface area contributed by atoms with E-state index in [0.29, 0.717) is 11.3 Å². The van der Waals surface area contributed by atoms with Gasteiger partial charge in [-0.05, 0) is 56.1 Å². The smallest absolute Gasteiger partial charge is 0.349 e. The summed E-state index contributed by atoms with van der Waals surface area (Å²) in [7, 11) is 0. The minimum atomic E-state index is -0.715. The molecule has 0 saturated carbocycles. The number of amides is 1. The summed E-state index contributed by atoms with van der Waals surface area (Å²) in [4.78, 5) is 24.7. The van der Waals surface area contributed by atoms with Crippen molar-refractivity contribution in [1.29, 1.82) is 0 Å². The van der Waals surface area contributed by atoms with Crippen molar-refractivity contribution in [3.05, 3.63) is 62.4 Å². The molecule has 0 radical (unpaired) electrons. The van der Waals surface area contributed by atoms with Crippen LogP contribution in [0.4, 0.5) is 10.1 Å². The van der Waals surface area contributed by atoms with Crippen molar-refractivity contribution in [2.45, 2.75) is 25.7 Å². The molecule has 7 heteroatoms. The fourth-order valence-corrected chi connectivity index (χ4v) is 3.14. The van der Waals surface area contributed by atoms with Gasteiger partial charge in [0.15, 0.2) is 0 Å². The molecule has 1 aliphatic heterocycles. The number of carbonyl (C=O) groups is 1. The van der Waals surface area contributed by atoms with Crippen LogP contribution >= 0.6 is 11.6 Å². The molecule has 1 atom stereocenters. The molecule has 0 bridgehead atoms. The van der Waals surface area contributed by atoms with Gasteiger partial charge in [0, 0.05) is 17.5 Å². The summed E-state index contributed by atoms with van der Waals surface area (Å²) in [5.41, 5.74) is -0.383. The zero-order chi connectivity index (χ0) is 18.0. The third-order valence-corrected chi connectivity index (χ3v) is 4.51. The number of halogens is 2. The van der Waals surface area contributed by atoms with Gasteiger partial charge < -0.3 is 15.1 Å². The van der Waals surface area contributed by atoms with Crippen molar-refractivity contribution in [3.8, 4) is 0 Å². The molecule has 0 spiro atoms. The van der Waals surface area contributed by atoms with Crippen molar-refractivity contribution in [3.63, 3.8) is 0 Å². The molecule has 25 heavy (non-hydrogen) atoms. The molecule has 132 valence electrons. The summed E-state index contributed by atoms with van der Waals surface area (Å²) in [5, 5.41) is 5.87. The Bertz CT molecular complexity index is 860. The second kappa shape index (κ2) is 7.37. The summed E-state index contributed by atoms with van der Waals surface area (Å²) in [5.74, 6) is -0.691. The van der Waals surface area contributed by atoms with Gasteiger partial charge in [0.25, 0.3) is 5.91 Å². The number of carbonyl (C=O) groups excluding carboxylic acids is 1. The fourth-order valence-electron chi connectivity index (χ4n) is 2.98. The third kappa shape index (κ3) is 3.91. The van der Waals surface area contributed by atoms with E-state index in [1.807, 2.05) is 0 Å². The summed E-state index contributed by atoms with van der Waals surface area (Å²) >= 11 is 5.69. The standard InChI is InChI=1S/C18H18ClFN2O3/c1-10-7-15(11-3-2-6-21-9-11)25-18(24)16(10)17(23)22-14-5-4-12(19)8-13(14)20/h4-5,7-8,11,21H,2-3,6,9H2,1H3,(H,22,23). The number of hydrogen-bond acceptors (Lipinski definition) is 4. The molecular weight excluding hydrogens is 347 g/mol. The molecule has 1 aliphatic rings. The Morgan fingerprint density at radius 2 is 2.20 bits per heavy atom. The van der Waals surface area contributed by atoms with Crippen LogP contribution in [0.5, 0.6) is 0 Å². The van der Waals surface area contributed by atoms with Crippen LogP contribution < -0.4 is 16.3 Å². The summed E-state index contributed by atoms with van der Waals surface area (Å²) < 4.78 is 19.2. The van der Waals surface area contributed by atoms with E-state index in [1.54, 1.807) is 13.0 Å². The van der Waals surface area contributed by atoms with Gasteiger partial charge in [0.05, 0.1) is 5.69 Å². The van der Waals surface area contributed by atoms with Gasteiger partial charge in [-0.2, -0.15) is 0 Å². The average molecular weight is 365 g/mol. The van der Waals surface area contributed by atoms with Gasteiger partial charge in [-0.25, -0.2) is 9.18 Å². The normalized spacial score (nSPS) is 17.3. The first-order valence-corrected chi connectivity index (χ1v) is 8.45. The van der Waals surface area contributed by atoms with Crippen LogP contribution in [0.25, 0.3) is 0 Å². The fraction of sp³-hybridized carbons (Fsp3) is 0.333. The van der Waals surface area contributed by atoms with Crippen molar-refractivity contribution < 1.29 is 13.6 Å². The molecule has 1 unspecified atom stereocenters. The van der Waals surface area contributed by atoms with Crippen LogP contribution in [0, 0.1) is 12.7 Å². The minimum Gasteiger partial charge on any atom is -0.427 e. The highest BCUT2D eigenvalue weighted by Crippen LogP contribution is 2.24. The molecule has 2 N–H and O–H groups in total. The number of piperidine rings is 1. The maximum absolute atomic E-state index is 13.8. The largest absolute Gasteiger partial charge is 0.427 e. The topological polar surface area (TPSA) is 71.3 Å². The molecule has 2 heterocycles. The van der Waals surface area contributed by atoms with Crippen LogP contribution in [-0.4, -0.2) is 19.0 Å². The number of hydrogen-bond donors (Lipinski definition) is 2. The van der Waals surface area contributed by atoms with E-state index in [-0.39, 0.29) is 22.2 Å². The number of anilines is 1.